The van der Waals surface area contributed by atoms with Crippen molar-refractivity contribution >= 4 is 11.9 Å². The molecule has 23 heavy (non-hydrogen) atoms. The number of aliphatic carboxylic acids is 1. The molecule has 0 aromatic carbocycles. The van der Waals surface area contributed by atoms with Gasteiger partial charge < -0.3 is 15.2 Å². The van der Waals surface area contributed by atoms with Crippen molar-refractivity contribution in [1.82, 2.24) is 10.2 Å². The average Bonchev–Trinajstić information content (AvgIpc) is 2.90. The Hall–Kier alpha value is -1.14. The third-order valence-electron chi connectivity index (χ3n) is 5.04. The van der Waals surface area contributed by atoms with Gasteiger partial charge in [-0.1, -0.05) is 26.2 Å². The first-order valence-electron chi connectivity index (χ1n) is 8.96. The maximum absolute atomic E-state index is 12.1. The molecular weight excluding hydrogens is 296 g/mol. The summed E-state index contributed by atoms with van der Waals surface area (Å²) in [5.74, 6) is -0.452. The molecule has 1 aliphatic heterocycles. The zero-order valence-electron chi connectivity index (χ0n) is 14.1. The molecule has 0 bridgehead atoms. The molecule has 1 saturated heterocycles. The average molecular weight is 326 g/mol. The van der Waals surface area contributed by atoms with Crippen LogP contribution in [0, 0.1) is 5.92 Å². The molecule has 3 atom stereocenters. The molecule has 2 N–H and O–H groups in total. The third-order valence-corrected chi connectivity index (χ3v) is 5.04. The zero-order chi connectivity index (χ0) is 16.7. The molecule has 2 aliphatic rings. The maximum atomic E-state index is 12.1. The fourth-order valence-electron chi connectivity index (χ4n) is 3.86. The Morgan fingerprint density at radius 3 is 2.78 bits per heavy atom. The first-order chi connectivity index (χ1) is 11.1. The van der Waals surface area contributed by atoms with Crippen LogP contribution in [0.3, 0.4) is 0 Å². The van der Waals surface area contributed by atoms with Crippen molar-refractivity contribution in [3.8, 4) is 0 Å². The lowest BCUT2D eigenvalue weighted by molar-refractivity contribution is -0.143. The lowest BCUT2D eigenvalue weighted by Gasteiger charge is -2.32. The van der Waals surface area contributed by atoms with Crippen LogP contribution in [0.15, 0.2) is 0 Å². The van der Waals surface area contributed by atoms with E-state index in [-0.39, 0.29) is 18.5 Å². The van der Waals surface area contributed by atoms with Gasteiger partial charge in [0.15, 0.2) is 0 Å². The zero-order valence-corrected chi connectivity index (χ0v) is 14.1. The number of carboxylic acid groups (broad SMARTS) is 1. The fourth-order valence-corrected chi connectivity index (χ4v) is 3.86. The van der Waals surface area contributed by atoms with Crippen molar-refractivity contribution in [2.45, 2.75) is 64.0 Å². The highest BCUT2D eigenvalue weighted by molar-refractivity contribution is 5.80. The standard InChI is InChI=1S/C17H30N2O4/c1-2-3-9-23-10-8-18-16(20)12-19-14-7-5-4-6-13(14)11-15(19)17(21)22/h13-15H,2-12H2,1H3,(H,18,20)(H,21,22). The molecule has 1 aliphatic carbocycles. The Balaban J connectivity index is 1.77. The number of likely N-dealkylation sites (tertiary alicyclic amines) is 1. The van der Waals surface area contributed by atoms with E-state index in [1.54, 1.807) is 0 Å². The second kappa shape index (κ2) is 9.23. The van der Waals surface area contributed by atoms with Crippen LogP contribution in [-0.4, -0.2) is 60.3 Å². The Morgan fingerprint density at radius 2 is 2.04 bits per heavy atom. The van der Waals surface area contributed by atoms with Gasteiger partial charge in [-0.2, -0.15) is 0 Å². The van der Waals surface area contributed by atoms with Crippen LogP contribution >= 0.6 is 0 Å². The number of rotatable bonds is 9. The minimum Gasteiger partial charge on any atom is -0.480 e. The highest BCUT2D eigenvalue weighted by Crippen LogP contribution is 2.39. The summed E-state index contributed by atoms with van der Waals surface area (Å²) < 4.78 is 5.42. The van der Waals surface area contributed by atoms with Gasteiger partial charge in [-0.3, -0.25) is 14.5 Å². The molecule has 2 fully saturated rings. The largest absolute Gasteiger partial charge is 0.480 e. The molecular formula is C17H30N2O4. The van der Waals surface area contributed by atoms with Crippen LogP contribution in [0.5, 0.6) is 0 Å². The molecule has 0 aromatic rings. The summed E-state index contributed by atoms with van der Waals surface area (Å²) in [6, 6.07) is -0.244. The molecule has 0 aromatic heterocycles. The van der Waals surface area contributed by atoms with Crippen LogP contribution in [0.25, 0.3) is 0 Å². The van der Waals surface area contributed by atoms with Gasteiger partial charge in [0.05, 0.1) is 13.2 Å². The number of nitrogens with one attached hydrogen (secondary N) is 1. The van der Waals surface area contributed by atoms with Crippen molar-refractivity contribution < 1.29 is 19.4 Å². The normalized spacial score (nSPS) is 27.6. The van der Waals surface area contributed by atoms with Gasteiger partial charge in [0.2, 0.25) is 5.91 Å². The molecule has 2 rings (SSSR count). The van der Waals surface area contributed by atoms with Crippen LogP contribution in [0.2, 0.25) is 0 Å². The molecule has 6 heteroatoms. The van der Waals surface area contributed by atoms with E-state index in [0.29, 0.717) is 25.5 Å². The lowest BCUT2D eigenvalue weighted by atomic mass is 9.85. The molecule has 1 amide bonds. The number of unbranched alkanes of at least 4 members (excludes halogenated alkanes) is 1. The van der Waals surface area contributed by atoms with Crippen molar-refractivity contribution in [1.29, 1.82) is 0 Å². The summed E-state index contributed by atoms with van der Waals surface area (Å²) in [6.45, 7) is 4.03. The topological polar surface area (TPSA) is 78.9 Å². The first kappa shape index (κ1) is 18.2. The Kier molecular flexibility index (Phi) is 7.30. The number of carbonyl (C=O) groups excluding carboxylic acids is 1. The minimum atomic E-state index is -0.796. The monoisotopic (exact) mass is 326 g/mol. The van der Waals surface area contributed by atoms with Gasteiger partial charge >= 0.3 is 5.97 Å². The van der Waals surface area contributed by atoms with E-state index in [1.807, 2.05) is 4.90 Å². The number of amides is 1. The van der Waals surface area contributed by atoms with Crippen LogP contribution < -0.4 is 5.32 Å². The SMILES string of the molecule is CCCCOCCNC(=O)CN1C(C(=O)O)CC2CCCCC21. The van der Waals surface area contributed by atoms with Crippen LogP contribution in [0.4, 0.5) is 0 Å². The van der Waals surface area contributed by atoms with E-state index in [9.17, 15) is 14.7 Å². The second-order valence-corrected chi connectivity index (χ2v) is 6.69. The number of nitrogens with zero attached hydrogens (tertiary/aromatic N) is 1. The summed E-state index contributed by atoms with van der Waals surface area (Å²) >= 11 is 0. The summed E-state index contributed by atoms with van der Waals surface area (Å²) in [5.41, 5.74) is 0. The predicted octanol–water partition coefficient (Wildman–Crippen LogP) is 1.64. The molecule has 6 nitrogen and oxygen atoms in total. The van der Waals surface area contributed by atoms with Gasteiger partial charge in [0.25, 0.3) is 0 Å². The van der Waals surface area contributed by atoms with Gasteiger partial charge in [0.1, 0.15) is 6.04 Å². The van der Waals surface area contributed by atoms with Gasteiger partial charge in [-0.15, -0.1) is 0 Å². The number of hydrogen-bond acceptors (Lipinski definition) is 4. The smallest absolute Gasteiger partial charge is 0.320 e. The molecule has 0 radical (unpaired) electrons. The number of carbonyl (C=O) groups is 2. The van der Waals surface area contributed by atoms with E-state index in [1.165, 1.54) is 6.42 Å². The quantitative estimate of drug-likeness (QED) is 0.630. The van der Waals surface area contributed by atoms with E-state index >= 15 is 0 Å². The van der Waals surface area contributed by atoms with Crippen molar-refractivity contribution in [3.05, 3.63) is 0 Å². The van der Waals surface area contributed by atoms with E-state index in [4.69, 9.17) is 4.74 Å². The number of fused-ring (bicyclic) bond motifs is 1. The second-order valence-electron chi connectivity index (χ2n) is 6.69. The lowest BCUT2D eigenvalue weighted by Crippen LogP contribution is -2.48. The van der Waals surface area contributed by atoms with Crippen molar-refractivity contribution in [3.63, 3.8) is 0 Å². The van der Waals surface area contributed by atoms with Gasteiger partial charge in [-0.25, -0.2) is 0 Å². The maximum Gasteiger partial charge on any atom is 0.320 e. The molecule has 1 heterocycles. The number of hydrogen-bond donors (Lipinski definition) is 2. The molecule has 3 unspecified atom stereocenters. The summed E-state index contributed by atoms with van der Waals surface area (Å²) in [5, 5.41) is 12.3. The van der Waals surface area contributed by atoms with E-state index < -0.39 is 12.0 Å². The number of ether oxygens (including phenoxy) is 1. The summed E-state index contributed by atoms with van der Waals surface area (Å²) in [7, 11) is 0. The number of carboxylic acids is 1. The Bertz CT molecular complexity index is 402. The Morgan fingerprint density at radius 1 is 1.26 bits per heavy atom. The fraction of sp³-hybridized carbons (Fsp3) is 0.882. The summed E-state index contributed by atoms with van der Waals surface area (Å²) in [4.78, 5) is 25.5. The van der Waals surface area contributed by atoms with Crippen molar-refractivity contribution in [2.75, 3.05) is 26.3 Å². The first-order valence-corrected chi connectivity index (χ1v) is 8.96. The highest BCUT2D eigenvalue weighted by atomic mass is 16.5. The third kappa shape index (κ3) is 5.18. The Labute approximate surface area is 138 Å². The van der Waals surface area contributed by atoms with Gasteiger partial charge in [-0.05, 0) is 31.6 Å². The predicted molar refractivity (Wildman–Crippen MR) is 87.2 cm³/mol. The van der Waals surface area contributed by atoms with Crippen molar-refractivity contribution in [2.24, 2.45) is 5.92 Å². The van der Waals surface area contributed by atoms with Gasteiger partial charge in [0, 0.05) is 19.2 Å². The molecule has 132 valence electrons. The van der Waals surface area contributed by atoms with E-state index in [2.05, 4.69) is 12.2 Å². The highest BCUT2D eigenvalue weighted by Gasteiger charge is 2.45. The van der Waals surface area contributed by atoms with Crippen LogP contribution in [0.1, 0.15) is 51.9 Å². The molecule has 0 spiro atoms. The van der Waals surface area contributed by atoms with Crippen LogP contribution in [-0.2, 0) is 14.3 Å². The minimum absolute atomic E-state index is 0.0958. The van der Waals surface area contributed by atoms with E-state index in [0.717, 1.165) is 38.7 Å². The molecule has 1 saturated carbocycles. The summed E-state index contributed by atoms with van der Waals surface area (Å²) in [6.07, 6.45) is 7.25.